The summed E-state index contributed by atoms with van der Waals surface area (Å²) < 4.78 is 10.5. The Hall–Kier alpha value is -1.85. The van der Waals surface area contributed by atoms with Gasteiger partial charge in [0.15, 0.2) is 0 Å². The normalized spacial score (nSPS) is 12.0. The lowest BCUT2D eigenvalue weighted by molar-refractivity contribution is 0.357. The van der Waals surface area contributed by atoms with Gasteiger partial charge in [0.25, 0.3) is 0 Å². The molecule has 0 amide bonds. The van der Waals surface area contributed by atoms with Gasteiger partial charge in [-0.05, 0) is 24.6 Å². The quantitative estimate of drug-likeness (QED) is 0.889. The Kier molecular flexibility index (Phi) is 5.36. The number of nitrogens with zero attached hydrogens (tertiary/aromatic N) is 2. The Morgan fingerprint density at radius 1 is 1.19 bits per heavy atom. The maximum absolute atomic E-state index is 6.01. The molecule has 0 aliphatic heterocycles. The lowest BCUT2D eigenvalue weighted by Crippen LogP contribution is -2.19. The van der Waals surface area contributed by atoms with E-state index in [0.29, 0.717) is 18.3 Å². The summed E-state index contributed by atoms with van der Waals surface area (Å²) >= 11 is 6.01. The lowest BCUT2D eigenvalue weighted by atomic mass is 10.1. The Labute approximate surface area is 129 Å². The first kappa shape index (κ1) is 15.5. The van der Waals surface area contributed by atoms with Crippen molar-refractivity contribution in [3.05, 3.63) is 46.7 Å². The van der Waals surface area contributed by atoms with Crippen LogP contribution in [0.25, 0.3) is 0 Å². The number of nitrogens with one attached hydrogen (secondary N) is 1. The third kappa shape index (κ3) is 3.83. The molecule has 0 aliphatic rings. The number of hydrogen-bond acceptors (Lipinski definition) is 5. The second kappa shape index (κ2) is 7.24. The summed E-state index contributed by atoms with van der Waals surface area (Å²) in [6, 6.07) is 7.88. The van der Waals surface area contributed by atoms with Gasteiger partial charge < -0.3 is 14.8 Å². The molecule has 0 saturated carbocycles. The van der Waals surface area contributed by atoms with Crippen LogP contribution in [0.15, 0.2) is 30.6 Å². The molecule has 1 aromatic heterocycles. The van der Waals surface area contributed by atoms with E-state index >= 15 is 0 Å². The topological polar surface area (TPSA) is 56.3 Å². The Bertz CT molecular complexity index is 585. The fourth-order valence-electron chi connectivity index (χ4n) is 2.03. The van der Waals surface area contributed by atoms with Crippen molar-refractivity contribution in [1.82, 2.24) is 15.3 Å². The highest BCUT2D eigenvalue weighted by Crippen LogP contribution is 2.24. The molecule has 1 unspecified atom stereocenters. The van der Waals surface area contributed by atoms with Gasteiger partial charge in [0.2, 0.25) is 11.8 Å². The maximum Gasteiger partial charge on any atom is 0.224 e. The molecule has 0 aliphatic carbocycles. The van der Waals surface area contributed by atoms with Crippen molar-refractivity contribution >= 4 is 11.6 Å². The molecule has 1 heterocycles. The zero-order chi connectivity index (χ0) is 15.2. The van der Waals surface area contributed by atoms with E-state index in [0.717, 1.165) is 16.1 Å². The molecule has 0 bridgehead atoms. The monoisotopic (exact) mass is 307 g/mol. The third-order valence-corrected chi connectivity index (χ3v) is 3.42. The van der Waals surface area contributed by atoms with E-state index in [-0.39, 0.29) is 6.04 Å². The number of aromatic nitrogens is 2. The molecule has 21 heavy (non-hydrogen) atoms. The van der Waals surface area contributed by atoms with Crippen LogP contribution in [0.1, 0.15) is 24.1 Å². The second-order valence-electron chi connectivity index (χ2n) is 4.53. The Morgan fingerprint density at radius 2 is 1.86 bits per heavy atom. The molecule has 6 heteroatoms. The number of hydrogen-bond donors (Lipinski definition) is 1. The summed E-state index contributed by atoms with van der Waals surface area (Å²) in [6.07, 6.45) is 1.42. The molecular weight excluding hydrogens is 290 g/mol. The first-order chi connectivity index (χ1) is 10.2. The first-order valence-corrected chi connectivity index (χ1v) is 6.94. The molecule has 1 atom stereocenters. The van der Waals surface area contributed by atoms with Gasteiger partial charge in [-0.3, -0.25) is 0 Å². The van der Waals surface area contributed by atoms with Crippen molar-refractivity contribution in [3.8, 4) is 11.8 Å². The number of benzene rings is 1. The Morgan fingerprint density at radius 3 is 2.43 bits per heavy atom. The van der Waals surface area contributed by atoms with E-state index < -0.39 is 0 Å². The standard InChI is InChI=1S/C15H18ClN3O2/c1-10(11-5-4-6-12(16)7-11)17-8-13-14(20-2)18-9-19-15(13)21-3/h4-7,9-10,17H,8H2,1-3H3. The number of rotatable bonds is 6. The van der Waals surface area contributed by atoms with Crippen LogP contribution in [0, 0.1) is 0 Å². The van der Waals surface area contributed by atoms with Gasteiger partial charge in [-0.1, -0.05) is 23.7 Å². The average molecular weight is 308 g/mol. The molecule has 112 valence electrons. The maximum atomic E-state index is 6.01. The van der Waals surface area contributed by atoms with Crippen molar-refractivity contribution in [1.29, 1.82) is 0 Å². The van der Waals surface area contributed by atoms with E-state index in [9.17, 15) is 0 Å². The average Bonchev–Trinajstić information content (AvgIpc) is 2.52. The van der Waals surface area contributed by atoms with Crippen molar-refractivity contribution in [2.75, 3.05) is 14.2 Å². The summed E-state index contributed by atoms with van der Waals surface area (Å²) in [6.45, 7) is 2.59. The van der Waals surface area contributed by atoms with Crippen LogP contribution < -0.4 is 14.8 Å². The summed E-state index contributed by atoms with van der Waals surface area (Å²) in [4.78, 5) is 8.19. The number of halogens is 1. The first-order valence-electron chi connectivity index (χ1n) is 6.56. The minimum absolute atomic E-state index is 0.123. The van der Waals surface area contributed by atoms with Gasteiger partial charge in [0.1, 0.15) is 6.33 Å². The number of methoxy groups -OCH3 is 2. The van der Waals surface area contributed by atoms with Crippen LogP contribution in [-0.4, -0.2) is 24.2 Å². The fraction of sp³-hybridized carbons (Fsp3) is 0.333. The van der Waals surface area contributed by atoms with Crippen molar-refractivity contribution in [2.45, 2.75) is 19.5 Å². The van der Waals surface area contributed by atoms with E-state index in [1.807, 2.05) is 24.3 Å². The zero-order valence-electron chi connectivity index (χ0n) is 12.3. The van der Waals surface area contributed by atoms with Crippen molar-refractivity contribution in [2.24, 2.45) is 0 Å². The van der Waals surface area contributed by atoms with E-state index in [2.05, 4.69) is 22.2 Å². The van der Waals surface area contributed by atoms with E-state index in [1.165, 1.54) is 6.33 Å². The minimum Gasteiger partial charge on any atom is -0.481 e. The molecule has 0 fully saturated rings. The molecule has 1 N–H and O–H groups in total. The SMILES string of the molecule is COc1ncnc(OC)c1CNC(C)c1cccc(Cl)c1. The molecule has 0 spiro atoms. The summed E-state index contributed by atoms with van der Waals surface area (Å²) in [5, 5.41) is 4.11. The highest BCUT2D eigenvalue weighted by molar-refractivity contribution is 6.30. The van der Waals surface area contributed by atoms with Crippen LogP contribution in [0.5, 0.6) is 11.8 Å². The summed E-state index contributed by atoms with van der Waals surface area (Å²) in [5.41, 5.74) is 1.90. The highest BCUT2D eigenvalue weighted by Gasteiger charge is 2.14. The largest absolute Gasteiger partial charge is 0.481 e. The van der Waals surface area contributed by atoms with Gasteiger partial charge in [-0.15, -0.1) is 0 Å². The smallest absolute Gasteiger partial charge is 0.224 e. The van der Waals surface area contributed by atoms with Crippen LogP contribution in [0.4, 0.5) is 0 Å². The highest BCUT2D eigenvalue weighted by atomic mass is 35.5. The van der Waals surface area contributed by atoms with Crippen LogP contribution in [0.3, 0.4) is 0 Å². The molecular formula is C15H18ClN3O2. The van der Waals surface area contributed by atoms with Gasteiger partial charge in [0.05, 0.1) is 19.8 Å². The second-order valence-corrected chi connectivity index (χ2v) is 4.96. The van der Waals surface area contributed by atoms with Crippen molar-refractivity contribution in [3.63, 3.8) is 0 Å². The minimum atomic E-state index is 0.123. The fourth-order valence-corrected chi connectivity index (χ4v) is 2.23. The van der Waals surface area contributed by atoms with Crippen LogP contribution in [-0.2, 0) is 6.54 Å². The molecule has 5 nitrogen and oxygen atoms in total. The van der Waals surface area contributed by atoms with Gasteiger partial charge in [-0.2, -0.15) is 0 Å². The van der Waals surface area contributed by atoms with Crippen LogP contribution in [0.2, 0.25) is 5.02 Å². The molecule has 0 saturated heterocycles. The van der Waals surface area contributed by atoms with Gasteiger partial charge in [0, 0.05) is 17.6 Å². The third-order valence-electron chi connectivity index (χ3n) is 3.19. The zero-order valence-corrected chi connectivity index (χ0v) is 13.0. The molecule has 0 radical (unpaired) electrons. The van der Waals surface area contributed by atoms with Crippen LogP contribution >= 0.6 is 11.6 Å². The predicted molar refractivity (Wildman–Crippen MR) is 81.8 cm³/mol. The lowest BCUT2D eigenvalue weighted by Gasteiger charge is -2.16. The summed E-state index contributed by atoms with van der Waals surface area (Å²) in [7, 11) is 3.15. The number of ether oxygens (including phenoxy) is 2. The van der Waals surface area contributed by atoms with Crippen molar-refractivity contribution < 1.29 is 9.47 Å². The van der Waals surface area contributed by atoms with E-state index in [1.54, 1.807) is 14.2 Å². The predicted octanol–water partition coefficient (Wildman–Crippen LogP) is 3.00. The Balaban J connectivity index is 2.12. The molecule has 1 aromatic carbocycles. The van der Waals surface area contributed by atoms with E-state index in [4.69, 9.17) is 21.1 Å². The van der Waals surface area contributed by atoms with Gasteiger partial charge in [-0.25, -0.2) is 9.97 Å². The summed E-state index contributed by atoms with van der Waals surface area (Å²) in [5.74, 6) is 1.01. The molecule has 2 aromatic rings. The molecule has 2 rings (SSSR count). The van der Waals surface area contributed by atoms with Gasteiger partial charge >= 0.3 is 0 Å².